The number of nitrogens with one attached hydrogen (secondary N) is 1. The first-order valence-electron chi connectivity index (χ1n) is 12.0. The Kier molecular flexibility index (Phi) is 7.26. The quantitative estimate of drug-likeness (QED) is 0.335. The summed E-state index contributed by atoms with van der Waals surface area (Å²) in [6, 6.07) is 7.58. The number of halogens is 2. The molecule has 3 aromatic heterocycles. The molecule has 0 saturated carbocycles. The highest BCUT2D eigenvalue weighted by Gasteiger charge is 2.26. The zero-order valence-electron chi connectivity index (χ0n) is 21.2. The van der Waals surface area contributed by atoms with Gasteiger partial charge in [-0.25, -0.2) is 37.1 Å². The maximum atomic E-state index is 14.2. The molecule has 0 unspecified atom stereocenters. The van der Waals surface area contributed by atoms with Crippen LogP contribution in [0.2, 0.25) is 0 Å². The number of rotatable bonds is 7. The maximum Gasteiger partial charge on any atom is 0.267 e. The fourth-order valence-corrected chi connectivity index (χ4v) is 5.54. The summed E-state index contributed by atoms with van der Waals surface area (Å²) in [6.45, 7) is 5.57. The van der Waals surface area contributed by atoms with Crippen LogP contribution >= 0.6 is 0 Å². The fourth-order valence-electron chi connectivity index (χ4n) is 4.35. The number of benzene rings is 1. The van der Waals surface area contributed by atoms with Crippen LogP contribution < -0.4 is 14.4 Å². The summed E-state index contributed by atoms with van der Waals surface area (Å²) in [7, 11) is -3.39. The number of amides is 1. The highest BCUT2D eigenvalue weighted by molar-refractivity contribution is 7.92. The van der Waals surface area contributed by atoms with Gasteiger partial charge in [-0.1, -0.05) is 12.6 Å². The molecule has 0 spiro atoms. The van der Waals surface area contributed by atoms with Gasteiger partial charge < -0.3 is 14.5 Å². The van der Waals surface area contributed by atoms with E-state index in [0.717, 1.165) is 18.2 Å². The topological polar surface area (TPSA) is 131 Å². The summed E-state index contributed by atoms with van der Waals surface area (Å²) in [6.07, 6.45) is 4.15. The number of anilines is 2. The van der Waals surface area contributed by atoms with Gasteiger partial charge in [-0.05, 0) is 36.4 Å². The fraction of sp³-hybridized carbons (Fsp3) is 0.192. The van der Waals surface area contributed by atoms with Crippen molar-refractivity contribution in [3.63, 3.8) is 0 Å². The Morgan fingerprint density at radius 2 is 1.80 bits per heavy atom. The molecule has 4 aromatic rings. The zero-order chi connectivity index (χ0) is 28.4. The van der Waals surface area contributed by atoms with Gasteiger partial charge in [0, 0.05) is 37.9 Å². The van der Waals surface area contributed by atoms with Crippen LogP contribution in [0.4, 0.5) is 20.3 Å². The lowest BCUT2D eigenvalue weighted by molar-refractivity contribution is -0.126. The van der Waals surface area contributed by atoms with Crippen molar-refractivity contribution in [1.29, 1.82) is 0 Å². The molecule has 1 aliphatic heterocycles. The van der Waals surface area contributed by atoms with Crippen LogP contribution in [0.5, 0.6) is 5.88 Å². The smallest absolute Gasteiger partial charge is 0.267 e. The monoisotopic (exact) mass is 567 g/mol. The number of carbonyl (C=O) groups excluding carboxylic acids is 1. The van der Waals surface area contributed by atoms with Crippen LogP contribution in [-0.4, -0.2) is 72.4 Å². The van der Waals surface area contributed by atoms with E-state index in [2.05, 4.69) is 26.3 Å². The van der Waals surface area contributed by atoms with Crippen molar-refractivity contribution >= 4 is 38.5 Å². The molecule has 1 fully saturated rings. The number of nitrogens with zero attached hydrogens (tertiary/aromatic N) is 6. The highest BCUT2D eigenvalue weighted by atomic mass is 32.2. The van der Waals surface area contributed by atoms with E-state index >= 15 is 0 Å². The third-order valence-electron chi connectivity index (χ3n) is 6.30. The number of carbonyl (C=O) groups is 1. The van der Waals surface area contributed by atoms with Crippen LogP contribution in [0, 0.1) is 11.6 Å². The minimum atomic E-state index is -4.68. The van der Waals surface area contributed by atoms with Crippen molar-refractivity contribution in [2.45, 2.75) is 4.90 Å². The minimum absolute atomic E-state index is 0.110. The van der Waals surface area contributed by atoms with Crippen LogP contribution in [0.15, 0.2) is 66.5 Å². The minimum Gasteiger partial charge on any atom is -0.480 e. The average molecular weight is 568 g/mol. The molecule has 1 aliphatic rings. The molecule has 0 aliphatic carbocycles. The van der Waals surface area contributed by atoms with Crippen molar-refractivity contribution in [3.05, 3.63) is 73.2 Å². The summed E-state index contributed by atoms with van der Waals surface area (Å²) in [4.78, 5) is 32.1. The van der Waals surface area contributed by atoms with Gasteiger partial charge in [0.2, 0.25) is 11.8 Å². The molecule has 11 nitrogen and oxygen atoms in total. The molecule has 0 atom stereocenters. The van der Waals surface area contributed by atoms with Gasteiger partial charge in [0.25, 0.3) is 10.0 Å². The van der Waals surface area contributed by atoms with Gasteiger partial charge in [0.05, 0.1) is 18.3 Å². The second-order valence-corrected chi connectivity index (χ2v) is 10.3. The molecular formula is C26H23F2N7O4S. The Labute approximate surface area is 228 Å². The van der Waals surface area contributed by atoms with Gasteiger partial charge in [0.15, 0.2) is 10.7 Å². The van der Waals surface area contributed by atoms with Crippen molar-refractivity contribution < 1.29 is 26.7 Å². The molecular weight excluding hydrogens is 544 g/mol. The standard InChI is InChI=1S/C26H23F2N7O4S/c1-3-22(36)34-9-11-35(12-10-34)25-23-20(30-15-31-25)8-7-19(32-23)16-13-21(26(39-2)29-14-16)33-40(37,38)24-17(27)5-4-6-18(24)28/h3-8,13-15,33H,1,9-12H2,2H3. The molecule has 0 radical (unpaired) electrons. The molecule has 206 valence electrons. The second-order valence-electron chi connectivity index (χ2n) is 8.72. The van der Waals surface area contributed by atoms with Crippen LogP contribution in [0.25, 0.3) is 22.3 Å². The van der Waals surface area contributed by atoms with E-state index in [1.54, 1.807) is 17.0 Å². The highest BCUT2D eigenvalue weighted by Crippen LogP contribution is 2.32. The van der Waals surface area contributed by atoms with Crippen LogP contribution in [0.1, 0.15) is 0 Å². The number of sulfonamides is 1. The largest absolute Gasteiger partial charge is 0.480 e. The summed E-state index contributed by atoms with van der Waals surface area (Å²) in [5.41, 5.74) is 1.74. The molecule has 1 saturated heterocycles. The van der Waals surface area contributed by atoms with Gasteiger partial charge in [-0.3, -0.25) is 9.52 Å². The van der Waals surface area contributed by atoms with E-state index < -0.39 is 26.6 Å². The Hall–Kier alpha value is -4.72. The lowest BCUT2D eigenvalue weighted by atomic mass is 10.1. The van der Waals surface area contributed by atoms with Crippen molar-refractivity contribution in [1.82, 2.24) is 24.8 Å². The van der Waals surface area contributed by atoms with Gasteiger partial charge >= 0.3 is 0 Å². The normalized spacial score (nSPS) is 13.8. The first-order chi connectivity index (χ1) is 19.2. The Morgan fingerprint density at radius 1 is 1.07 bits per heavy atom. The number of fused-ring (bicyclic) bond motifs is 1. The van der Waals surface area contributed by atoms with Gasteiger partial charge in [-0.2, -0.15) is 0 Å². The Morgan fingerprint density at radius 3 is 2.48 bits per heavy atom. The first-order valence-corrected chi connectivity index (χ1v) is 13.5. The summed E-state index contributed by atoms with van der Waals surface area (Å²) < 4.78 is 61.6. The van der Waals surface area contributed by atoms with E-state index in [-0.39, 0.29) is 17.5 Å². The van der Waals surface area contributed by atoms with Crippen molar-refractivity contribution in [3.8, 4) is 17.1 Å². The van der Waals surface area contributed by atoms with E-state index in [1.165, 1.54) is 31.8 Å². The van der Waals surface area contributed by atoms with Crippen molar-refractivity contribution in [2.24, 2.45) is 0 Å². The SMILES string of the molecule is C=CC(=O)N1CCN(c2ncnc3ccc(-c4cnc(OC)c(NS(=O)(=O)c5c(F)cccc5F)c4)nc23)CC1. The molecule has 1 N–H and O–H groups in total. The number of piperazine rings is 1. The van der Waals surface area contributed by atoms with E-state index in [4.69, 9.17) is 9.72 Å². The number of hydrogen-bond acceptors (Lipinski definition) is 9. The molecule has 1 aromatic carbocycles. The molecule has 14 heteroatoms. The van der Waals surface area contributed by atoms with Gasteiger partial charge in [0.1, 0.15) is 29.2 Å². The first kappa shape index (κ1) is 26.9. The summed E-state index contributed by atoms with van der Waals surface area (Å²) >= 11 is 0. The Bertz CT molecular complexity index is 1710. The summed E-state index contributed by atoms with van der Waals surface area (Å²) in [5, 5.41) is 0. The maximum absolute atomic E-state index is 14.2. The Balaban J connectivity index is 1.50. The average Bonchev–Trinajstić information content (AvgIpc) is 2.95. The predicted molar refractivity (Wildman–Crippen MR) is 143 cm³/mol. The van der Waals surface area contributed by atoms with Crippen LogP contribution in [0.3, 0.4) is 0 Å². The third kappa shape index (κ3) is 5.12. The lowest BCUT2D eigenvalue weighted by Crippen LogP contribution is -2.48. The van der Waals surface area contributed by atoms with Crippen LogP contribution in [-0.2, 0) is 14.8 Å². The lowest BCUT2D eigenvalue weighted by Gasteiger charge is -2.35. The molecule has 4 heterocycles. The van der Waals surface area contributed by atoms with Crippen molar-refractivity contribution in [2.75, 3.05) is 42.9 Å². The number of methoxy groups -OCH3 is 1. The second kappa shape index (κ2) is 10.8. The van der Waals surface area contributed by atoms with E-state index in [0.29, 0.717) is 54.3 Å². The number of pyridine rings is 2. The molecule has 40 heavy (non-hydrogen) atoms. The number of ether oxygens (including phenoxy) is 1. The van der Waals surface area contributed by atoms with Gasteiger partial charge in [-0.15, -0.1) is 0 Å². The third-order valence-corrected chi connectivity index (χ3v) is 7.72. The molecule has 0 bridgehead atoms. The summed E-state index contributed by atoms with van der Waals surface area (Å²) in [5.74, 6) is -2.15. The predicted octanol–water partition coefficient (Wildman–Crippen LogP) is 3.01. The zero-order valence-corrected chi connectivity index (χ0v) is 22.0. The number of aromatic nitrogens is 4. The molecule has 1 amide bonds. The number of hydrogen-bond donors (Lipinski definition) is 1. The molecule has 5 rings (SSSR count). The van der Waals surface area contributed by atoms with E-state index in [9.17, 15) is 22.0 Å². The van der Waals surface area contributed by atoms with E-state index in [1.807, 2.05) is 4.90 Å².